The van der Waals surface area contributed by atoms with Crippen LogP contribution in [0.25, 0.3) is 0 Å². The number of hydroxylamine groups is 1. The minimum absolute atomic E-state index is 0.247. The number of ether oxygens (including phenoxy) is 3. The predicted octanol–water partition coefficient (Wildman–Crippen LogP) is 10.6. The van der Waals surface area contributed by atoms with E-state index in [2.05, 4.69) is 19.2 Å². The zero-order chi connectivity index (χ0) is 46.9. The lowest BCUT2D eigenvalue weighted by atomic mass is 9.98. The molecule has 2 amide bonds. The number of rotatable bonds is 45. The minimum atomic E-state index is -1.72. The van der Waals surface area contributed by atoms with E-state index in [4.69, 9.17) is 19.4 Å². The number of carbonyl (C=O) groups excluding carboxylic acids is 2. The Bertz CT molecular complexity index is 1060. The molecule has 0 aromatic heterocycles. The van der Waals surface area contributed by atoms with E-state index in [0.29, 0.717) is 19.3 Å². The van der Waals surface area contributed by atoms with Crippen molar-refractivity contribution in [1.29, 1.82) is 0 Å². The molecule has 0 saturated carbocycles. The van der Waals surface area contributed by atoms with Gasteiger partial charge in [0.1, 0.15) is 37.1 Å². The predicted molar refractivity (Wildman–Crippen MR) is 255 cm³/mol. The third-order valence-electron chi connectivity index (χ3n) is 13.1. The Kier molecular flexibility index (Phi) is 40.4. The van der Waals surface area contributed by atoms with Crippen LogP contribution in [0.3, 0.4) is 0 Å². The molecule has 8 N–H and O–H groups in total. The second-order valence-corrected chi connectivity index (χ2v) is 19.0. The highest BCUT2D eigenvalue weighted by Crippen LogP contribution is 2.24. The Labute approximate surface area is 389 Å². The number of hydrogen-bond donors (Lipinski definition) is 8. The number of hydrogen-bond acceptors (Lipinski definition) is 11. The first-order valence-corrected chi connectivity index (χ1v) is 26.7. The summed E-state index contributed by atoms with van der Waals surface area (Å²) in [6.07, 6.45) is 32.8. The van der Waals surface area contributed by atoms with Crippen LogP contribution in [0.2, 0.25) is 0 Å². The van der Waals surface area contributed by atoms with Crippen LogP contribution in [0.1, 0.15) is 251 Å². The topological polar surface area (TPSA) is 207 Å². The standard InChI is InChI=1S/C51H100N2O11/c1-3-5-7-9-11-13-15-17-18-19-20-21-22-23-24-25-26-27-29-31-33-35-37-39-45(55)52-42(40-62-50-49(59)48(58)47(57)44(64-50)41-63-51(60)53-61)46(56)43(54)38-36-34-32-30-28-16-14-12-10-8-6-4-2/h42-44,46-50,54,56-59,61H,3-41H2,1-2H3,(H,52,55)(H,53,60)/t42?,43?,44-,46?,47+,48+,49-,50+/m1/s1. The monoisotopic (exact) mass is 917 g/mol. The first-order chi connectivity index (χ1) is 31.2. The molecule has 0 bridgehead atoms. The molecule has 1 rings (SSSR count). The first kappa shape index (κ1) is 60.4. The van der Waals surface area contributed by atoms with E-state index < -0.39 is 61.7 Å². The van der Waals surface area contributed by atoms with Crippen molar-refractivity contribution in [2.24, 2.45) is 0 Å². The Balaban J connectivity index is 2.38. The van der Waals surface area contributed by atoms with Crippen LogP contribution < -0.4 is 10.8 Å². The van der Waals surface area contributed by atoms with Gasteiger partial charge < -0.3 is 45.1 Å². The number of carbonyl (C=O) groups is 2. The highest BCUT2D eigenvalue weighted by molar-refractivity contribution is 5.76. The average Bonchev–Trinajstić information content (AvgIpc) is 3.29. The van der Waals surface area contributed by atoms with Crippen LogP contribution in [0, 0.1) is 0 Å². The zero-order valence-corrected chi connectivity index (χ0v) is 40.9. The maximum Gasteiger partial charge on any atom is 0.431 e. The van der Waals surface area contributed by atoms with Gasteiger partial charge in [0, 0.05) is 6.42 Å². The molecular weight excluding hydrogens is 817 g/mol. The fourth-order valence-electron chi connectivity index (χ4n) is 8.79. The van der Waals surface area contributed by atoms with Crippen LogP contribution in [0.4, 0.5) is 4.79 Å². The van der Waals surface area contributed by atoms with Crippen LogP contribution in [-0.4, -0.2) is 105 Å². The molecule has 3 unspecified atom stereocenters. The van der Waals surface area contributed by atoms with Gasteiger partial charge in [0.05, 0.1) is 18.8 Å². The van der Waals surface area contributed by atoms with Crippen LogP contribution in [-0.2, 0) is 19.0 Å². The molecule has 0 aromatic carbocycles. The van der Waals surface area contributed by atoms with Gasteiger partial charge in [-0.3, -0.25) is 10.0 Å². The summed E-state index contributed by atoms with van der Waals surface area (Å²) < 4.78 is 16.1. The van der Waals surface area contributed by atoms with E-state index in [1.54, 1.807) is 0 Å². The Morgan fingerprint density at radius 1 is 0.531 bits per heavy atom. The minimum Gasteiger partial charge on any atom is -0.445 e. The first-order valence-electron chi connectivity index (χ1n) is 26.7. The van der Waals surface area contributed by atoms with Crippen LogP contribution in [0.15, 0.2) is 0 Å². The molecule has 8 atom stereocenters. The summed E-state index contributed by atoms with van der Waals surface area (Å²) >= 11 is 0. The van der Waals surface area contributed by atoms with Gasteiger partial charge in [-0.2, -0.15) is 0 Å². The number of nitrogens with one attached hydrogen (secondary N) is 2. The van der Waals surface area contributed by atoms with Crippen molar-refractivity contribution in [1.82, 2.24) is 10.8 Å². The largest absolute Gasteiger partial charge is 0.445 e. The smallest absolute Gasteiger partial charge is 0.431 e. The lowest BCUT2D eigenvalue weighted by Crippen LogP contribution is -2.60. The van der Waals surface area contributed by atoms with Gasteiger partial charge in [-0.1, -0.05) is 232 Å². The van der Waals surface area contributed by atoms with Gasteiger partial charge in [0.2, 0.25) is 5.91 Å². The van der Waals surface area contributed by atoms with Gasteiger partial charge in [0.15, 0.2) is 6.29 Å². The van der Waals surface area contributed by atoms with Gasteiger partial charge in [-0.15, -0.1) is 0 Å². The quantitative estimate of drug-likeness (QED) is 0.0164. The lowest BCUT2D eigenvalue weighted by molar-refractivity contribution is -0.303. The van der Waals surface area contributed by atoms with Crippen molar-refractivity contribution < 1.29 is 54.5 Å². The van der Waals surface area contributed by atoms with E-state index >= 15 is 0 Å². The molecule has 1 heterocycles. The molecule has 0 aromatic rings. The summed E-state index contributed by atoms with van der Waals surface area (Å²) in [5, 5.41) is 65.2. The highest BCUT2D eigenvalue weighted by Gasteiger charge is 2.45. The third kappa shape index (κ3) is 32.2. The Morgan fingerprint density at radius 3 is 1.30 bits per heavy atom. The summed E-state index contributed by atoms with van der Waals surface area (Å²) in [6.45, 7) is 3.56. The Morgan fingerprint density at radius 2 is 0.906 bits per heavy atom. The van der Waals surface area contributed by atoms with Crippen LogP contribution >= 0.6 is 0 Å². The van der Waals surface area contributed by atoms with Crippen molar-refractivity contribution in [2.75, 3.05) is 13.2 Å². The summed E-state index contributed by atoms with van der Waals surface area (Å²) in [5.41, 5.74) is 1.29. The van der Waals surface area contributed by atoms with Gasteiger partial charge in [-0.25, -0.2) is 10.3 Å². The number of unbranched alkanes of at least 4 members (excludes halogenated alkanes) is 33. The second-order valence-electron chi connectivity index (χ2n) is 19.0. The average molecular weight is 917 g/mol. The molecule has 13 heteroatoms. The maximum atomic E-state index is 13.1. The fraction of sp³-hybridized carbons (Fsp3) is 0.961. The van der Waals surface area contributed by atoms with E-state index in [9.17, 15) is 35.1 Å². The molecule has 0 spiro atoms. The SMILES string of the molecule is CCCCCCCCCCCCCCCCCCCCCCCCCC(=O)NC(CO[C@H]1O[C@H](COC(=O)NO)[C@H](O)[C@H](O)[C@H]1O)C(O)C(O)CCCCCCCCCCCCCC. The van der Waals surface area contributed by atoms with Gasteiger partial charge >= 0.3 is 6.09 Å². The number of aliphatic hydroxyl groups is 5. The molecule has 1 aliphatic heterocycles. The van der Waals surface area contributed by atoms with Gasteiger partial charge in [-0.05, 0) is 12.8 Å². The Hall–Kier alpha value is -1.58. The normalized spacial score (nSPS) is 20.2. The van der Waals surface area contributed by atoms with Crippen molar-refractivity contribution in [3.8, 4) is 0 Å². The summed E-state index contributed by atoms with van der Waals surface area (Å²) in [7, 11) is 0. The van der Waals surface area contributed by atoms with E-state index in [0.717, 1.165) is 38.5 Å². The molecule has 64 heavy (non-hydrogen) atoms. The number of aliphatic hydroxyl groups excluding tert-OH is 5. The summed E-state index contributed by atoms with van der Waals surface area (Å²) in [5.74, 6) is -0.296. The molecule has 0 aliphatic carbocycles. The second kappa shape index (κ2) is 42.8. The molecule has 1 fully saturated rings. The molecule has 1 saturated heterocycles. The van der Waals surface area contributed by atoms with Crippen LogP contribution in [0.5, 0.6) is 0 Å². The fourth-order valence-corrected chi connectivity index (χ4v) is 8.79. The molecule has 380 valence electrons. The van der Waals surface area contributed by atoms with E-state index in [1.165, 1.54) is 179 Å². The molecule has 13 nitrogen and oxygen atoms in total. The molecular formula is C51H100N2O11. The van der Waals surface area contributed by atoms with Crippen molar-refractivity contribution in [3.63, 3.8) is 0 Å². The van der Waals surface area contributed by atoms with E-state index in [-0.39, 0.29) is 18.9 Å². The molecule has 1 aliphatic rings. The summed E-state index contributed by atoms with van der Waals surface area (Å²) in [4.78, 5) is 24.5. The van der Waals surface area contributed by atoms with Crippen molar-refractivity contribution in [2.45, 2.75) is 300 Å². The van der Waals surface area contributed by atoms with Crippen molar-refractivity contribution in [3.05, 3.63) is 0 Å². The lowest BCUT2D eigenvalue weighted by Gasteiger charge is -2.40. The summed E-state index contributed by atoms with van der Waals surface area (Å²) in [6, 6.07) is -1.06. The van der Waals surface area contributed by atoms with Gasteiger partial charge in [0.25, 0.3) is 0 Å². The third-order valence-corrected chi connectivity index (χ3v) is 13.1. The maximum absolute atomic E-state index is 13.1. The highest BCUT2D eigenvalue weighted by atomic mass is 16.7. The van der Waals surface area contributed by atoms with Crippen molar-refractivity contribution >= 4 is 12.0 Å². The molecule has 0 radical (unpaired) electrons. The van der Waals surface area contributed by atoms with E-state index in [1.807, 2.05) is 0 Å². The number of amides is 2. The zero-order valence-electron chi connectivity index (χ0n) is 40.9.